The van der Waals surface area contributed by atoms with Crippen LogP contribution in [0.25, 0.3) is 0 Å². The molecule has 1 aromatic rings. The summed E-state index contributed by atoms with van der Waals surface area (Å²) in [5.41, 5.74) is 0. The number of esters is 1. The van der Waals surface area contributed by atoms with Crippen LogP contribution >= 0.6 is 27.7 Å². The number of rotatable bonds is 4. The maximum Gasteiger partial charge on any atom is 0.321 e. The fourth-order valence-corrected chi connectivity index (χ4v) is 2.41. The molecule has 0 unspecified atom stereocenters. The maximum absolute atomic E-state index is 11.7. The van der Waals surface area contributed by atoms with Crippen molar-refractivity contribution in [2.45, 2.75) is 30.4 Å². The van der Waals surface area contributed by atoms with Gasteiger partial charge in [-0.15, -0.1) is 11.8 Å². The molecule has 0 saturated carbocycles. The number of carbonyl (C=O) groups excluding carboxylic acids is 1. The van der Waals surface area contributed by atoms with Gasteiger partial charge in [-0.25, -0.2) is 0 Å². The van der Waals surface area contributed by atoms with E-state index in [0.717, 1.165) is 9.37 Å². The first kappa shape index (κ1) is 13.6. The maximum atomic E-state index is 11.7. The van der Waals surface area contributed by atoms with Gasteiger partial charge in [0.25, 0.3) is 0 Å². The monoisotopic (exact) mass is 302 g/mol. The Morgan fingerprint density at radius 3 is 2.44 bits per heavy atom. The molecule has 0 aliphatic heterocycles. The summed E-state index contributed by atoms with van der Waals surface area (Å²) in [6, 6.07) is 7.89. The molecular formula is C12H15BrO2S. The van der Waals surface area contributed by atoms with Crippen molar-refractivity contribution in [3.8, 4) is 0 Å². The van der Waals surface area contributed by atoms with Gasteiger partial charge in [-0.2, -0.15) is 0 Å². The molecule has 0 atom stereocenters. The van der Waals surface area contributed by atoms with Crippen LogP contribution in [0.2, 0.25) is 0 Å². The highest BCUT2D eigenvalue weighted by Crippen LogP contribution is 2.33. The molecule has 0 fully saturated rings. The number of hydrogen-bond acceptors (Lipinski definition) is 3. The molecule has 0 aromatic heterocycles. The van der Waals surface area contributed by atoms with Crippen molar-refractivity contribution in [2.24, 2.45) is 0 Å². The highest BCUT2D eigenvalue weighted by Gasteiger charge is 2.30. The third-order valence-electron chi connectivity index (χ3n) is 1.95. The average molecular weight is 303 g/mol. The van der Waals surface area contributed by atoms with Crippen molar-refractivity contribution >= 4 is 33.7 Å². The van der Waals surface area contributed by atoms with Gasteiger partial charge in [0.15, 0.2) is 0 Å². The van der Waals surface area contributed by atoms with E-state index >= 15 is 0 Å². The summed E-state index contributed by atoms with van der Waals surface area (Å²) in [7, 11) is 0. The number of hydrogen-bond donors (Lipinski definition) is 0. The highest BCUT2D eigenvalue weighted by atomic mass is 79.9. The summed E-state index contributed by atoms with van der Waals surface area (Å²) >= 11 is 4.89. The van der Waals surface area contributed by atoms with Crippen molar-refractivity contribution in [1.29, 1.82) is 0 Å². The van der Waals surface area contributed by atoms with E-state index in [1.165, 1.54) is 11.8 Å². The number of thioether (sulfide) groups is 1. The van der Waals surface area contributed by atoms with Gasteiger partial charge in [-0.3, -0.25) is 4.79 Å². The topological polar surface area (TPSA) is 26.3 Å². The van der Waals surface area contributed by atoms with Crippen LogP contribution in [0, 0.1) is 0 Å². The molecule has 88 valence electrons. The second kappa shape index (κ2) is 5.73. The van der Waals surface area contributed by atoms with Gasteiger partial charge in [0.2, 0.25) is 0 Å². The van der Waals surface area contributed by atoms with Crippen LogP contribution < -0.4 is 0 Å². The van der Waals surface area contributed by atoms with Gasteiger partial charge in [-0.1, -0.05) is 15.9 Å². The molecule has 4 heteroatoms. The van der Waals surface area contributed by atoms with Crippen LogP contribution in [0.3, 0.4) is 0 Å². The Kier molecular flexibility index (Phi) is 4.87. The lowest BCUT2D eigenvalue weighted by molar-refractivity contribution is -0.145. The van der Waals surface area contributed by atoms with Crippen LogP contribution in [0.15, 0.2) is 33.6 Å². The van der Waals surface area contributed by atoms with E-state index in [-0.39, 0.29) is 5.97 Å². The Balaban J connectivity index is 2.72. The Morgan fingerprint density at radius 1 is 1.38 bits per heavy atom. The second-order valence-corrected chi connectivity index (χ2v) is 6.40. The zero-order chi connectivity index (χ0) is 12.2. The molecule has 0 saturated heterocycles. The zero-order valence-corrected chi connectivity index (χ0v) is 12.0. The lowest BCUT2D eigenvalue weighted by atomic mass is 10.2. The predicted octanol–water partition coefficient (Wildman–Crippen LogP) is 3.88. The van der Waals surface area contributed by atoms with Gasteiger partial charge in [0.1, 0.15) is 4.75 Å². The predicted molar refractivity (Wildman–Crippen MR) is 70.7 cm³/mol. The molecule has 0 bridgehead atoms. The first-order valence-corrected chi connectivity index (χ1v) is 6.68. The minimum atomic E-state index is -0.552. The number of carbonyl (C=O) groups is 1. The Bertz CT molecular complexity index is 360. The summed E-state index contributed by atoms with van der Waals surface area (Å²) < 4.78 is 5.51. The van der Waals surface area contributed by atoms with Gasteiger partial charge < -0.3 is 4.74 Å². The van der Waals surface area contributed by atoms with Crippen LogP contribution in [0.4, 0.5) is 0 Å². The SMILES string of the molecule is CCOC(=O)C(C)(C)Sc1ccc(Br)cc1. The molecule has 2 nitrogen and oxygen atoms in total. The third kappa shape index (κ3) is 3.83. The van der Waals surface area contributed by atoms with E-state index < -0.39 is 4.75 Å². The molecular weight excluding hydrogens is 288 g/mol. The largest absolute Gasteiger partial charge is 0.465 e. The molecule has 1 aromatic carbocycles. The lowest BCUT2D eigenvalue weighted by Gasteiger charge is -2.21. The van der Waals surface area contributed by atoms with Crippen molar-refractivity contribution in [2.75, 3.05) is 6.61 Å². The molecule has 0 heterocycles. The van der Waals surface area contributed by atoms with Crippen LogP contribution in [0.5, 0.6) is 0 Å². The highest BCUT2D eigenvalue weighted by molar-refractivity contribution is 9.10. The van der Waals surface area contributed by atoms with Crippen LogP contribution in [0.1, 0.15) is 20.8 Å². The first-order valence-electron chi connectivity index (χ1n) is 5.07. The standard InChI is InChI=1S/C12H15BrO2S/c1-4-15-11(14)12(2,3)16-10-7-5-9(13)6-8-10/h5-8H,4H2,1-3H3. The quantitative estimate of drug-likeness (QED) is 0.623. The molecule has 0 aliphatic rings. The Morgan fingerprint density at radius 2 is 1.94 bits per heavy atom. The van der Waals surface area contributed by atoms with E-state index in [1.807, 2.05) is 45.0 Å². The normalized spacial score (nSPS) is 11.2. The minimum absolute atomic E-state index is 0.178. The van der Waals surface area contributed by atoms with E-state index in [2.05, 4.69) is 15.9 Å². The van der Waals surface area contributed by atoms with E-state index in [0.29, 0.717) is 6.61 Å². The molecule has 16 heavy (non-hydrogen) atoms. The lowest BCUT2D eigenvalue weighted by Crippen LogP contribution is -2.29. The van der Waals surface area contributed by atoms with Gasteiger partial charge >= 0.3 is 5.97 Å². The average Bonchev–Trinajstić information content (AvgIpc) is 2.21. The summed E-state index contributed by atoms with van der Waals surface area (Å²) in [6.07, 6.45) is 0. The molecule has 0 aliphatic carbocycles. The fourth-order valence-electron chi connectivity index (χ4n) is 1.14. The van der Waals surface area contributed by atoms with Crippen molar-refractivity contribution in [3.63, 3.8) is 0 Å². The summed E-state index contributed by atoms with van der Waals surface area (Å²) in [5, 5.41) is 0. The van der Waals surface area contributed by atoms with Gasteiger partial charge in [-0.05, 0) is 45.0 Å². The minimum Gasteiger partial charge on any atom is -0.465 e. The fraction of sp³-hybridized carbons (Fsp3) is 0.417. The summed E-state index contributed by atoms with van der Waals surface area (Å²) in [5.74, 6) is -0.178. The third-order valence-corrected chi connectivity index (χ3v) is 3.67. The smallest absolute Gasteiger partial charge is 0.321 e. The number of halogens is 1. The molecule has 0 amide bonds. The van der Waals surface area contributed by atoms with Gasteiger partial charge in [0.05, 0.1) is 6.61 Å². The Hall–Kier alpha value is -0.480. The van der Waals surface area contributed by atoms with Crippen LogP contribution in [-0.2, 0) is 9.53 Å². The van der Waals surface area contributed by atoms with Crippen molar-refractivity contribution < 1.29 is 9.53 Å². The molecule has 0 N–H and O–H groups in total. The number of ether oxygens (including phenoxy) is 1. The zero-order valence-electron chi connectivity index (χ0n) is 9.62. The second-order valence-electron chi connectivity index (χ2n) is 3.79. The van der Waals surface area contributed by atoms with Gasteiger partial charge in [0, 0.05) is 9.37 Å². The molecule has 1 rings (SSSR count). The van der Waals surface area contributed by atoms with Crippen molar-refractivity contribution in [1.82, 2.24) is 0 Å². The van der Waals surface area contributed by atoms with E-state index in [4.69, 9.17) is 4.74 Å². The first-order chi connectivity index (χ1) is 7.45. The van der Waals surface area contributed by atoms with E-state index in [9.17, 15) is 4.79 Å². The summed E-state index contributed by atoms with van der Waals surface area (Å²) in [6.45, 7) is 5.98. The van der Waals surface area contributed by atoms with E-state index in [1.54, 1.807) is 0 Å². The summed E-state index contributed by atoms with van der Waals surface area (Å²) in [4.78, 5) is 12.7. The Labute approximate surface area is 109 Å². The number of benzene rings is 1. The van der Waals surface area contributed by atoms with Crippen LogP contribution in [-0.4, -0.2) is 17.3 Å². The van der Waals surface area contributed by atoms with Crippen molar-refractivity contribution in [3.05, 3.63) is 28.7 Å². The molecule has 0 spiro atoms. The molecule has 0 radical (unpaired) electrons.